The summed E-state index contributed by atoms with van der Waals surface area (Å²) in [6.45, 7) is 4.29. The van der Waals surface area contributed by atoms with Gasteiger partial charge in [-0.05, 0) is 44.4 Å². The lowest BCUT2D eigenvalue weighted by Gasteiger charge is -2.31. The maximum absolute atomic E-state index is 11.3. The minimum absolute atomic E-state index is 0.301. The summed E-state index contributed by atoms with van der Waals surface area (Å²) in [4.78, 5) is 13.6. The first-order chi connectivity index (χ1) is 8.54. The van der Waals surface area contributed by atoms with Crippen LogP contribution < -0.4 is 4.90 Å². The third-order valence-electron chi connectivity index (χ3n) is 3.72. The Balaban J connectivity index is 2.46. The largest absolute Gasteiger partial charge is 0.478 e. The van der Waals surface area contributed by atoms with Crippen molar-refractivity contribution in [2.24, 2.45) is 0 Å². The molecule has 0 aromatic heterocycles. The fourth-order valence-electron chi connectivity index (χ4n) is 2.81. The molecule has 2 atom stereocenters. The van der Waals surface area contributed by atoms with Crippen LogP contribution in [0.4, 0.5) is 5.69 Å². The van der Waals surface area contributed by atoms with Crippen LogP contribution in [0.2, 0.25) is 5.02 Å². The average Bonchev–Trinajstić information content (AvgIpc) is 2.70. The van der Waals surface area contributed by atoms with Crippen LogP contribution in [0.25, 0.3) is 0 Å². The molecule has 1 aliphatic heterocycles. The van der Waals surface area contributed by atoms with E-state index in [4.69, 9.17) is 11.6 Å². The highest BCUT2D eigenvalue weighted by atomic mass is 35.5. The molecule has 0 amide bonds. The van der Waals surface area contributed by atoms with Gasteiger partial charge in [0.2, 0.25) is 0 Å². The van der Waals surface area contributed by atoms with Crippen LogP contribution in [0.1, 0.15) is 43.5 Å². The maximum atomic E-state index is 11.3. The topological polar surface area (TPSA) is 40.5 Å². The lowest BCUT2D eigenvalue weighted by atomic mass is 10.1. The number of hydrogen-bond donors (Lipinski definition) is 1. The van der Waals surface area contributed by atoms with Gasteiger partial charge >= 0.3 is 5.97 Å². The summed E-state index contributed by atoms with van der Waals surface area (Å²) in [7, 11) is 0. The standard InChI is InChI=1S/C14H18ClNO2/c1-3-11-6-4-9(2)16(11)13-7-5-10(15)8-12(13)14(17)18/h5,7-9,11H,3-4,6H2,1-2H3,(H,17,18). The Morgan fingerprint density at radius 3 is 2.83 bits per heavy atom. The number of nitrogens with zero attached hydrogens (tertiary/aromatic N) is 1. The second kappa shape index (κ2) is 5.19. The van der Waals surface area contributed by atoms with Gasteiger partial charge in [0.25, 0.3) is 0 Å². The molecule has 1 aliphatic rings. The number of carboxylic acids is 1. The predicted octanol–water partition coefficient (Wildman–Crippen LogP) is 3.81. The molecule has 0 radical (unpaired) electrons. The first kappa shape index (κ1) is 13.2. The average molecular weight is 268 g/mol. The number of aromatic carboxylic acids is 1. The molecular formula is C14H18ClNO2. The van der Waals surface area contributed by atoms with Gasteiger partial charge in [-0.25, -0.2) is 4.79 Å². The molecule has 0 spiro atoms. The van der Waals surface area contributed by atoms with Crippen molar-refractivity contribution in [1.29, 1.82) is 0 Å². The summed E-state index contributed by atoms with van der Waals surface area (Å²) in [6, 6.07) is 5.95. The summed E-state index contributed by atoms with van der Waals surface area (Å²) in [6.07, 6.45) is 3.27. The molecule has 1 saturated heterocycles. The molecular weight excluding hydrogens is 250 g/mol. The minimum atomic E-state index is -0.915. The van der Waals surface area contributed by atoms with Gasteiger partial charge in [-0.15, -0.1) is 0 Å². The molecule has 2 rings (SSSR count). The van der Waals surface area contributed by atoms with E-state index in [-0.39, 0.29) is 0 Å². The highest BCUT2D eigenvalue weighted by Gasteiger charge is 2.31. The number of halogens is 1. The van der Waals surface area contributed by atoms with Gasteiger partial charge in [0.1, 0.15) is 0 Å². The second-order valence-electron chi connectivity index (χ2n) is 4.86. The third kappa shape index (κ3) is 2.32. The van der Waals surface area contributed by atoms with Crippen LogP contribution in [0.15, 0.2) is 18.2 Å². The van der Waals surface area contributed by atoms with E-state index < -0.39 is 5.97 Å². The van der Waals surface area contributed by atoms with Gasteiger partial charge in [-0.1, -0.05) is 18.5 Å². The molecule has 2 unspecified atom stereocenters. The molecule has 98 valence electrons. The number of rotatable bonds is 3. The van der Waals surface area contributed by atoms with Gasteiger partial charge in [0.15, 0.2) is 0 Å². The number of carboxylic acid groups (broad SMARTS) is 1. The quantitative estimate of drug-likeness (QED) is 0.905. The van der Waals surface area contributed by atoms with Crippen molar-refractivity contribution in [3.8, 4) is 0 Å². The minimum Gasteiger partial charge on any atom is -0.478 e. The lowest BCUT2D eigenvalue weighted by Crippen LogP contribution is -2.35. The van der Waals surface area contributed by atoms with Crippen molar-refractivity contribution in [3.63, 3.8) is 0 Å². The van der Waals surface area contributed by atoms with Gasteiger partial charge in [-0.3, -0.25) is 0 Å². The Morgan fingerprint density at radius 2 is 2.22 bits per heavy atom. The SMILES string of the molecule is CCC1CCC(C)N1c1ccc(Cl)cc1C(=O)O. The second-order valence-corrected chi connectivity index (χ2v) is 5.30. The Morgan fingerprint density at radius 1 is 1.50 bits per heavy atom. The Kier molecular flexibility index (Phi) is 3.81. The summed E-state index contributed by atoms with van der Waals surface area (Å²) >= 11 is 5.89. The van der Waals surface area contributed by atoms with E-state index in [1.807, 2.05) is 6.07 Å². The molecule has 1 aromatic carbocycles. The van der Waals surface area contributed by atoms with Crippen LogP contribution in [-0.4, -0.2) is 23.2 Å². The zero-order valence-corrected chi connectivity index (χ0v) is 11.4. The fourth-order valence-corrected chi connectivity index (χ4v) is 2.98. The Hall–Kier alpha value is -1.22. The smallest absolute Gasteiger partial charge is 0.337 e. The van der Waals surface area contributed by atoms with Gasteiger partial charge in [0.05, 0.1) is 11.3 Å². The van der Waals surface area contributed by atoms with Crippen LogP contribution in [0.3, 0.4) is 0 Å². The molecule has 0 bridgehead atoms. The number of benzene rings is 1. The predicted molar refractivity (Wildman–Crippen MR) is 73.7 cm³/mol. The van der Waals surface area contributed by atoms with Crippen LogP contribution in [-0.2, 0) is 0 Å². The molecule has 4 heteroatoms. The van der Waals surface area contributed by atoms with Crippen LogP contribution >= 0.6 is 11.6 Å². The zero-order chi connectivity index (χ0) is 13.3. The summed E-state index contributed by atoms with van der Waals surface area (Å²) in [5.74, 6) is -0.915. The summed E-state index contributed by atoms with van der Waals surface area (Å²) in [5, 5.41) is 9.78. The van der Waals surface area contributed by atoms with Crippen molar-refractivity contribution in [1.82, 2.24) is 0 Å². The van der Waals surface area contributed by atoms with E-state index in [9.17, 15) is 9.90 Å². The molecule has 1 fully saturated rings. The van der Waals surface area contributed by atoms with E-state index in [1.54, 1.807) is 6.07 Å². The first-order valence-corrected chi connectivity index (χ1v) is 6.73. The maximum Gasteiger partial charge on any atom is 0.337 e. The first-order valence-electron chi connectivity index (χ1n) is 6.35. The summed E-state index contributed by atoms with van der Waals surface area (Å²) < 4.78 is 0. The van der Waals surface area contributed by atoms with Crippen LogP contribution in [0.5, 0.6) is 0 Å². The van der Waals surface area contributed by atoms with Gasteiger partial charge in [0, 0.05) is 17.1 Å². The van der Waals surface area contributed by atoms with Crippen molar-refractivity contribution in [3.05, 3.63) is 28.8 Å². The normalized spacial score (nSPS) is 23.4. The molecule has 3 nitrogen and oxygen atoms in total. The highest BCUT2D eigenvalue weighted by Crippen LogP contribution is 2.35. The molecule has 1 N–H and O–H groups in total. The number of anilines is 1. The number of hydrogen-bond acceptors (Lipinski definition) is 2. The third-order valence-corrected chi connectivity index (χ3v) is 3.96. The molecule has 1 aromatic rings. The van der Waals surface area contributed by atoms with Crippen LogP contribution in [0, 0.1) is 0 Å². The van der Waals surface area contributed by atoms with Crippen molar-refractivity contribution < 1.29 is 9.90 Å². The van der Waals surface area contributed by atoms with Gasteiger partial charge in [-0.2, -0.15) is 0 Å². The van der Waals surface area contributed by atoms with E-state index in [1.165, 1.54) is 6.07 Å². The molecule has 18 heavy (non-hydrogen) atoms. The van der Waals surface area contributed by atoms with Crippen molar-refractivity contribution >= 4 is 23.3 Å². The monoisotopic (exact) mass is 267 g/mol. The fraction of sp³-hybridized carbons (Fsp3) is 0.500. The van der Waals surface area contributed by atoms with E-state index >= 15 is 0 Å². The van der Waals surface area contributed by atoms with E-state index in [0.29, 0.717) is 22.7 Å². The van der Waals surface area contributed by atoms with Crippen molar-refractivity contribution in [2.45, 2.75) is 45.2 Å². The Bertz CT molecular complexity index is 461. The zero-order valence-electron chi connectivity index (χ0n) is 10.7. The summed E-state index contributed by atoms with van der Waals surface area (Å²) in [5.41, 5.74) is 1.10. The molecule has 0 aliphatic carbocycles. The van der Waals surface area contributed by atoms with E-state index in [0.717, 1.165) is 24.9 Å². The van der Waals surface area contributed by atoms with E-state index in [2.05, 4.69) is 18.7 Å². The van der Waals surface area contributed by atoms with Crippen molar-refractivity contribution in [2.75, 3.05) is 4.90 Å². The Labute approximate surface area is 112 Å². The number of carbonyl (C=O) groups is 1. The lowest BCUT2D eigenvalue weighted by molar-refractivity contribution is 0.0697. The molecule has 1 heterocycles. The van der Waals surface area contributed by atoms with Gasteiger partial charge < -0.3 is 10.0 Å². The highest BCUT2D eigenvalue weighted by molar-refractivity contribution is 6.31. The molecule has 0 saturated carbocycles.